The molecule has 0 aliphatic carbocycles. The number of thiophene rings is 1. The van der Waals surface area contributed by atoms with Crippen molar-refractivity contribution in [2.45, 2.75) is 57.9 Å². The van der Waals surface area contributed by atoms with Crippen LogP contribution in [0.5, 0.6) is 5.75 Å². The smallest absolute Gasteiger partial charge is 0.418 e. The van der Waals surface area contributed by atoms with Crippen molar-refractivity contribution in [1.29, 1.82) is 0 Å². The van der Waals surface area contributed by atoms with Gasteiger partial charge in [-0.05, 0) is 72.5 Å². The molecule has 0 saturated carbocycles. The van der Waals surface area contributed by atoms with Gasteiger partial charge in [-0.3, -0.25) is 9.78 Å². The van der Waals surface area contributed by atoms with E-state index in [1.54, 1.807) is 37.4 Å². The van der Waals surface area contributed by atoms with E-state index in [9.17, 15) is 23.1 Å². The lowest BCUT2D eigenvalue weighted by atomic mass is 9.73. The van der Waals surface area contributed by atoms with Crippen LogP contribution in [0.15, 0.2) is 52.8 Å². The number of hydrogen-bond donors (Lipinski definition) is 1. The highest BCUT2D eigenvalue weighted by Crippen LogP contribution is 2.45. The Morgan fingerprint density at radius 3 is 2.34 bits per heavy atom. The number of aromatic nitrogens is 2. The van der Waals surface area contributed by atoms with Gasteiger partial charge in [-0.15, -0.1) is 11.3 Å². The maximum Gasteiger partial charge on any atom is 0.418 e. The summed E-state index contributed by atoms with van der Waals surface area (Å²) in [6, 6.07) is 10.7. The Morgan fingerprint density at radius 1 is 1.08 bits per heavy atom. The highest BCUT2D eigenvalue weighted by atomic mass is 35.5. The molecule has 0 fully saturated rings. The molecule has 38 heavy (non-hydrogen) atoms. The molecule has 1 atom stereocenters. The van der Waals surface area contributed by atoms with Gasteiger partial charge in [-0.1, -0.05) is 31.5 Å². The predicted octanol–water partition coefficient (Wildman–Crippen LogP) is 7.07. The number of halogens is 4. The molecule has 1 aromatic carbocycles. The molecular weight excluding hydrogens is 537 g/mol. The second-order valence-electron chi connectivity index (χ2n) is 10.2. The van der Waals surface area contributed by atoms with Crippen LogP contribution in [0.2, 0.25) is 5.02 Å². The number of aliphatic hydroxyl groups is 1. The topological polar surface area (TPSA) is 64.3 Å². The monoisotopic (exact) mass is 564 g/mol. The van der Waals surface area contributed by atoms with Crippen LogP contribution >= 0.6 is 22.9 Å². The first-order valence-corrected chi connectivity index (χ1v) is 13.1. The molecule has 1 unspecified atom stereocenters. The Bertz CT molecular complexity index is 1540. The number of nitrogens with zero attached hydrogens (tertiary/aromatic N) is 2. The Hall–Kier alpha value is -2.88. The van der Waals surface area contributed by atoms with Crippen LogP contribution in [-0.4, -0.2) is 33.5 Å². The molecule has 4 aromatic rings. The van der Waals surface area contributed by atoms with E-state index in [0.29, 0.717) is 11.3 Å². The standard InChI is InChI=1S/C28H28ClF3N2O3S/c1-16-10-19(11-17(2)33-16)18-6-7-23(37-5)20(12-18)26(3,4)14-27(36,28(30,31)32)15-34-13-21(29)24(35)25-22(34)8-9-38-25/h6-13,36H,14-15H2,1-5H3. The third-order valence-corrected chi connectivity index (χ3v) is 7.86. The van der Waals surface area contributed by atoms with Crippen molar-refractivity contribution in [3.8, 4) is 16.9 Å². The van der Waals surface area contributed by atoms with E-state index in [0.717, 1.165) is 40.0 Å². The van der Waals surface area contributed by atoms with Crippen LogP contribution in [0.1, 0.15) is 37.2 Å². The van der Waals surface area contributed by atoms with Gasteiger partial charge in [0.15, 0.2) is 5.60 Å². The highest BCUT2D eigenvalue weighted by molar-refractivity contribution is 7.17. The van der Waals surface area contributed by atoms with Gasteiger partial charge in [-0.25, -0.2) is 0 Å². The first-order chi connectivity index (χ1) is 17.6. The highest BCUT2D eigenvalue weighted by Gasteiger charge is 2.56. The van der Waals surface area contributed by atoms with E-state index in [4.69, 9.17) is 16.3 Å². The lowest BCUT2D eigenvalue weighted by molar-refractivity contribution is -0.271. The Morgan fingerprint density at radius 2 is 1.74 bits per heavy atom. The summed E-state index contributed by atoms with van der Waals surface area (Å²) in [7, 11) is 1.46. The Balaban J connectivity index is 1.79. The zero-order valence-electron chi connectivity index (χ0n) is 21.6. The SMILES string of the molecule is COc1ccc(-c2cc(C)nc(C)c2)cc1C(C)(C)CC(O)(Cn1cc(Cl)c(=O)c2sccc21)C(F)(F)F. The van der Waals surface area contributed by atoms with Crippen molar-refractivity contribution in [2.75, 3.05) is 7.11 Å². The Labute approximate surface area is 227 Å². The van der Waals surface area contributed by atoms with Gasteiger partial charge < -0.3 is 14.4 Å². The van der Waals surface area contributed by atoms with Gasteiger partial charge in [0.25, 0.3) is 0 Å². The number of ether oxygens (including phenoxy) is 1. The molecule has 0 aliphatic rings. The first kappa shape index (κ1) is 28.1. The van der Waals surface area contributed by atoms with E-state index in [-0.39, 0.29) is 15.2 Å². The fraction of sp³-hybridized carbons (Fsp3) is 0.357. The summed E-state index contributed by atoms with van der Waals surface area (Å²) >= 11 is 7.14. The molecule has 5 nitrogen and oxygen atoms in total. The molecule has 3 heterocycles. The summed E-state index contributed by atoms with van der Waals surface area (Å²) in [5, 5.41) is 12.7. The average Bonchev–Trinajstić information content (AvgIpc) is 3.31. The maximum absolute atomic E-state index is 14.6. The second-order valence-corrected chi connectivity index (χ2v) is 11.5. The van der Waals surface area contributed by atoms with Gasteiger partial charge in [0.2, 0.25) is 5.43 Å². The zero-order chi connectivity index (χ0) is 28.0. The van der Waals surface area contributed by atoms with E-state index in [1.165, 1.54) is 11.7 Å². The van der Waals surface area contributed by atoms with E-state index < -0.39 is 35.6 Å². The van der Waals surface area contributed by atoms with Crippen LogP contribution in [-0.2, 0) is 12.0 Å². The van der Waals surface area contributed by atoms with E-state index >= 15 is 0 Å². The summed E-state index contributed by atoms with van der Waals surface area (Å²) in [5.74, 6) is 0.414. The molecule has 3 aromatic heterocycles. The fourth-order valence-electron chi connectivity index (χ4n) is 4.97. The number of benzene rings is 1. The summed E-state index contributed by atoms with van der Waals surface area (Å²) in [6.07, 6.45) is -4.50. The maximum atomic E-state index is 14.6. The number of hydrogen-bond acceptors (Lipinski definition) is 5. The van der Waals surface area contributed by atoms with Gasteiger partial charge in [0.05, 0.1) is 23.9 Å². The molecule has 0 aliphatic heterocycles. The van der Waals surface area contributed by atoms with Crippen molar-refractivity contribution in [1.82, 2.24) is 9.55 Å². The summed E-state index contributed by atoms with van der Waals surface area (Å²) in [6.45, 7) is 6.21. The number of fused-ring (bicyclic) bond motifs is 1. The van der Waals surface area contributed by atoms with Crippen molar-refractivity contribution >= 4 is 33.2 Å². The zero-order valence-corrected chi connectivity index (χ0v) is 23.2. The summed E-state index contributed by atoms with van der Waals surface area (Å²) < 4.78 is 50.7. The van der Waals surface area contributed by atoms with Crippen LogP contribution in [0.25, 0.3) is 21.3 Å². The van der Waals surface area contributed by atoms with Crippen LogP contribution in [0.3, 0.4) is 0 Å². The lowest BCUT2D eigenvalue weighted by Crippen LogP contribution is -2.52. The molecular formula is C28H28ClF3N2O3S. The average molecular weight is 565 g/mol. The molecule has 0 saturated heterocycles. The molecule has 0 spiro atoms. The van der Waals surface area contributed by atoms with Crippen molar-refractivity contribution in [2.24, 2.45) is 0 Å². The second kappa shape index (κ2) is 10.0. The van der Waals surface area contributed by atoms with Gasteiger partial charge >= 0.3 is 6.18 Å². The number of rotatable bonds is 7. The molecule has 1 N–H and O–H groups in total. The quantitative estimate of drug-likeness (QED) is 0.261. The number of methoxy groups -OCH3 is 1. The Kier molecular flexibility index (Phi) is 7.42. The molecule has 0 amide bonds. The van der Waals surface area contributed by atoms with E-state index in [1.807, 2.05) is 32.0 Å². The van der Waals surface area contributed by atoms with Gasteiger partial charge in [0.1, 0.15) is 10.8 Å². The van der Waals surface area contributed by atoms with Crippen molar-refractivity contribution in [3.63, 3.8) is 0 Å². The number of pyridine rings is 2. The normalized spacial score (nSPS) is 14.1. The van der Waals surface area contributed by atoms with Crippen LogP contribution < -0.4 is 10.2 Å². The molecule has 0 bridgehead atoms. The van der Waals surface area contributed by atoms with Gasteiger partial charge in [-0.2, -0.15) is 13.2 Å². The van der Waals surface area contributed by atoms with Gasteiger partial charge in [0, 0.05) is 23.1 Å². The van der Waals surface area contributed by atoms with Crippen LogP contribution in [0.4, 0.5) is 13.2 Å². The lowest BCUT2D eigenvalue weighted by Gasteiger charge is -2.39. The van der Waals surface area contributed by atoms with E-state index in [2.05, 4.69) is 4.98 Å². The minimum absolute atomic E-state index is 0.207. The molecule has 0 radical (unpaired) electrons. The molecule has 4 rings (SSSR count). The van der Waals surface area contributed by atoms with Crippen molar-refractivity contribution < 1.29 is 23.0 Å². The predicted molar refractivity (Wildman–Crippen MR) is 145 cm³/mol. The largest absolute Gasteiger partial charge is 0.496 e. The third-order valence-electron chi connectivity index (χ3n) is 6.68. The minimum Gasteiger partial charge on any atom is -0.496 e. The van der Waals surface area contributed by atoms with Crippen LogP contribution in [0, 0.1) is 13.8 Å². The molecule has 10 heteroatoms. The number of aryl methyl sites for hydroxylation is 2. The summed E-state index contributed by atoms with van der Waals surface area (Å²) in [5.41, 5.74) is -0.654. The fourth-order valence-corrected chi connectivity index (χ4v) is 6.10. The first-order valence-electron chi connectivity index (χ1n) is 11.8. The third kappa shape index (κ3) is 5.32. The van der Waals surface area contributed by atoms with Crippen molar-refractivity contribution in [3.05, 3.63) is 80.2 Å². The minimum atomic E-state index is -4.98. The summed E-state index contributed by atoms with van der Waals surface area (Å²) in [4.78, 5) is 16.7. The molecule has 202 valence electrons. The number of alkyl halides is 3.